The summed E-state index contributed by atoms with van der Waals surface area (Å²) in [5, 5.41) is 9.20. The van der Waals surface area contributed by atoms with E-state index in [1.54, 1.807) is 4.90 Å². The van der Waals surface area contributed by atoms with Crippen LogP contribution in [0.2, 0.25) is 5.02 Å². The van der Waals surface area contributed by atoms with Gasteiger partial charge < -0.3 is 15.0 Å². The number of aromatic nitrogens is 3. The third-order valence-electron chi connectivity index (χ3n) is 5.88. The molecule has 0 radical (unpaired) electrons. The molecule has 7 heteroatoms. The summed E-state index contributed by atoms with van der Waals surface area (Å²) in [4.78, 5) is 6.67. The number of rotatable bonds is 6. The van der Waals surface area contributed by atoms with E-state index in [2.05, 4.69) is 32.2 Å². The van der Waals surface area contributed by atoms with Gasteiger partial charge >= 0.3 is 0 Å². The summed E-state index contributed by atoms with van der Waals surface area (Å²) in [6.07, 6.45) is 1.11. The van der Waals surface area contributed by atoms with Crippen LogP contribution in [0.5, 0.6) is 0 Å². The van der Waals surface area contributed by atoms with Crippen molar-refractivity contribution in [3.05, 3.63) is 46.7 Å². The lowest BCUT2D eigenvalue weighted by Gasteiger charge is -2.24. The Hall–Kier alpha value is -2.15. The van der Waals surface area contributed by atoms with Crippen LogP contribution in [-0.2, 0) is 10.2 Å². The molecule has 0 saturated carbocycles. The second-order valence-corrected chi connectivity index (χ2v) is 9.81. The molecule has 2 N–H and O–H groups in total. The molecule has 1 aliphatic heterocycles. The SMILES string of the molecule is Cc1nn2c(NCCC[NH+]3CCOCC3)cc(C(C)(C)C)nc2c1-c1ccc(Cl)cc1. The fourth-order valence-electron chi connectivity index (χ4n) is 4.05. The molecule has 0 unspecified atom stereocenters. The highest BCUT2D eigenvalue weighted by atomic mass is 35.5. The topological polar surface area (TPSA) is 55.9 Å². The van der Waals surface area contributed by atoms with Crippen LogP contribution in [0.4, 0.5) is 5.82 Å². The maximum atomic E-state index is 6.11. The van der Waals surface area contributed by atoms with Gasteiger partial charge in [0.1, 0.15) is 18.9 Å². The van der Waals surface area contributed by atoms with Crippen molar-refractivity contribution in [3.63, 3.8) is 0 Å². The molecule has 0 bridgehead atoms. The summed E-state index contributed by atoms with van der Waals surface area (Å²) < 4.78 is 7.42. The number of anilines is 1. The standard InChI is InChI=1S/C24H32ClN5O/c1-17-22(18-6-8-19(25)9-7-18)23-27-20(24(2,3)4)16-21(30(23)28-17)26-10-5-11-29-12-14-31-15-13-29/h6-9,16,26H,5,10-15H2,1-4H3/p+1. The molecule has 1 aliphatic rings. The van der Waals surface area contributed by atoms with Crippen molar-refractivity contribution in [1.82, 2.24) is 14.6 Å². The maximum Gasteiger partial charge on any atom is 0.165 e. The predicted octanol–water partition coefficient (Wildman–Crippen LogP) is 3.37. The molecule has 166 valence electrons. The largest absolute Gasteiger partial charge is 0.370 e. The van der Waals surface area contributed by atoms with Crippen LogP contribution in [-0.4, -0.2) is 54.0 Å². The van der Waals surface area contributed by atoms with Crippen molar-refractivity contribution < 1.29 is 9.64 Å². The lowest BCUT2D eigenvalue weighted by molar-refractivity contribution is -0.908. The van der Waals surface area contributed by atoms with E-state index in [0.29, 0.717) is 0 Å². The van der Waals surface area contributed by atoms with Crippen LogP contribution in [0.1, 0.15) is 38.6 Å². The van der Waals surface area contributed by atoms with Gasteiger partial charge in [-0.15, -0.1) is 0 Å². The van der Waals surface area contributed by atoms with E-state index in [-0.39, 0.29) is 5.41 Å². The number of fused-ring (bicyclic) bond motifs is 1. The fourth-order valence-corrected chi connectivity index (χ4v) is 4.18. The minimum Gasteiger partial charge on any atom is -0.370 e. The number of ether oxygens (including phenoxy) is 1. The normalized spacial score (nSPS) is 15.5. The molecule has 0 atom stereocenters. The van der Waals surface area contributed by atoms with Crippen LogP contribution in [0, 0.1) is 6.92 Å². The summed E-state index contributed by atoms with van der Waals surface area (Å²) in [5.41, 5.74) is 4.97. The third kappa shape index (κ3) is 5.03. The van der Waals surface area contributed by atoms with Gasteiger partial charge in [0.15, 0.2) is 5.65 Å². The average molecular weight is 443 g/mol. The number of morpholine rings is 1. The summed E-state index contributed by atoms with van der Waals surface area (Å²) in [5.74, 6) is 0.996. The Balaban J connectivity index is 1.64. The first-order valence-electron chi connectivity index (χ1n) is 11.1. The Kier molecular flexibility index (Phi) is 6.51. The molecule has 1 aromatic carbocycles. The van der Waals surface area contributed by atoms with Gasteiger partial charge in [0.2, 0.25) is 0 Å². The molecular formula is C24H33ClN5O+. The minimum atomic E-state index is -0.0639. The Morgan fingerprint density at radius 2 is 1.87 bits per heavy atom. The van der Waals surface area contributed by atoms with E-state index < -0.39 is 0 Å². The number of aryl methyl sites for hydroxylation is 1. The number of quaternary nitrogens is 1. The van der Waals surface area contributed by atoms with Gasteiger partial charge in [-0.25, -0.2) is 4.98 Å². The zero-order chi connectivity index (χ0) is 22.0. The van der Waals surface area contributed by atoms with Gasteiger partial charge in [0, 0.05) is 35.0 Å². The molecular weight excluding hydrogens is 410 g/mol. The summed E-state index contributed by atoms with van der Waals surface area (Å²) in [6, 6.07) is 10.1. The molecule has 4 rings (SSSR count). The van der Waals surface area contributed by atoms with Crippen LogP contribution in [0.15, 0.2) is 30.3 Å². The molecule has 3 aromatic rings. The summed E-state index contributed by atoms with van der Waals surface area (Å²) >= 11 is 6.11. The molecule has 6 nitrogen and oxygen atoms in total. The van der Waals surface area contributed by atoms with Crippen molar-refractivity contribution in [2.24, 2.45) is 0 Å². The first-order chi connectivity index (χ1) is 14.8. The van der Waals surface area contributed by atoms with Crippen LogP contribution >= 0.6 is 11.6 Å². The van der Waals surface area contributed by atoms with Crippen LogP contribution in [0.25, 0.3) is 16.8 Å². The number of nitrogens with one attached hydrogen (secondary N) is 2. The van der Waals surface area contributed by atoms with E-state index in [1.807, 2.05) is 35.7 Å². The quantitative estimate of drug-likeness (QED) is 0.575. The van der Waals surface area contributed by atoms with E-state index in [1.165, 1.54) is 0 Å². The van der Waals surface area contributed by atoms with Gasteiger partial charge in [0.05, 0.1) is 31.1 Å². The Labute approximate surface area is 189 Å². The van der Waals surface area contributed by atoms with Crippen LogP contribution in [0.3, 0.4) is 0 Å². The van der Waals surface area contributed by atoms with Crippen molar-refractivity contribution in [3.8, 4) is 11.1 Å². The van der Waals surface area contributed by atoms with Gasteiger partial charge in [-0.2, -0.15) is 9.61 Å². The summed E-state index contributed by atoms with van der Waals surface area (Å²) in [7, 11) is 0. The van der Waals surface area contributed by atoms with Crippen molar-refractivity contribution in [1.29, 1.82) is 0 Å². The molecule has 2 aromatic heterocycles. The second-order valence-electron chi connectivity index (χ2n) is 9.37. The summed E-state index contributed by atoms with van der Waals surface area (Å²) in [6.45, 7) is 14.7. The molecule has 0 spiro atoms. The Bertz CT molecular complexity index is 1030. The van der Waals surface area contributed by atoms with Crippen molar-refractivity contribution >= 4 is 23.1 Å². The van der Waals surface area contributed by atoms with Crippen molar-refractivity contribution in [2.45, 2.75) is 39.5 Å². The molecule has 31 heavy (non-hydrogen) atoms. The van der Waals surface area contributed by atoms with E-state index in [9.17, 15) is 0 Å². The van der Waals surface area contributed by atoms with Gasteiger partial charge in [-0.3, -0.25) is 0 Å². The molecule has 3 heterocycles. The van der Waals surface area contributed by atoms with E-state index in [4.69, 9.17) is 26.4 Å². The van der Waals surface area contributed by atoms with Gasteiger partial charge in [-0.1, -0.05) is 44.5 Å². The highest BCUT2D eigenvalue weighted by molar-refractivity contribution is 6.30. The molecule has 0 aliphatic carbocycles. The Morgan fingerprint density at radius 3 is 2.55 bits per heavy atom. The number of nitrogens with zero attached hydrogens (tertiary/aromatic N) is 3. The van der Waals surface area contributed by atoms with E-state index >= 15 is 0 Å². The predicted molar refractivity (Wildman–Crippen MR) is 126 cm³/mol. The first kappa shape index (κ1) is 22.1. The maximum absolute atomic E-state index is 6.11. The van der Waals surface area contributed by atoms with Gasteiger partial charge in [0.25, 0.3) is 0 Å². The lowest BCUT2D eigenvalue weighted by Crippen LogP contribution is -3.14. The lowest BCUT2D eigenvalue weighted by atomic mass is 9.92. The smallest absolute Gasteiger partial charge is 0.165 e. The zero-order valence-electron chi connectivity index (χ0n) is 19.0. The van der Waals surface area contributed by atoms with Gasteiger partial charge in [-0.05, 0) is 24.6 Å². The molecule has 1 saturated heterocycles. The zero-order valence-corrected chi connectivity index (χ0v) is 19.7. The number of benzene rings is 1. The fraction of sp³-hybridized carbons (Fsp3) is 0.500. The number of halogens is 1. The Morgan fingerprint density at radius 1 is 1.16 bits per heavy atom. The molecule has 0 amide bonds. The van der Waals surface area contributed by atoms with Crippen molar-refractivity contribution in [2.75, 3.05) is 44.7 Å². The third-order valence-corrected chi connectivity index (χ3v) is 6.13. The first-order valence-corrected chi connectivity index (χ1v) is 11.5. The highest BCUT2D eigenvalue weighted by Crippen LogP contribution is 2.32. The molecule has 1 fully saturated rings. The minimum absolute atomic E-state index is 0.0639. The average Bonchev–Trinajstić information content (AvgIpc) is 3.08. The highest BCUT2D eigenvalue weighted by Gasteiger charge is 2.22. The second kappa shape index (κ2) is 9.15. The number of hydrogen-bond donors (Lipinski definition) is 2. The van der Waals surface area contributed by atoms with Crippen LogP contribution < -0.4 is 10.2 Å². The monoisotopic (exact) mass is 442 g/mol. The van der Waals surface area contributed by atoms with E-state index in [0.717, 1.165) is 84.8 Å². The number of hydrogen-bond acceptors (Lipinski definition) is 4.